The van der Waals surface area contributed by atoms with Crippen molar-refractivity contribution in [2.75, 3.05) is 26.2 Å². The molecule has 0 radical (unpaired) electrons. The second-order valence-corrected chi connectivity index (χ2v) is 8.25. The summed E-state index contributed by atoms with van der Waals surface area (Å²) in [5, 5.41) is 5.35. The molecule has 1 saturated heterocycles. The molecule has 1 aromatic carbocycles. The Morgan fingerprint density at radius 2 is 1.85 bits per heavy atom. The van der Waals surface area contributed by atoms with Crippen molar-refractivity contribution in [3.63, 3.8) is 0 Å². The van der Waals surface area contributed by atoms with Crippen LogP contribution in [0.1, 0.15) is 36.8 Å². The van der Waals surface area contributed by atoms with Gasteiger partial charge in [-0.2, -0.15) is 0 Å². The van der Waals surface area contributed by atoms with Gasteiger partial charge in [0.15, 0.2) is 0 Å². The van der Waals surface area contributed by atoms with Crippen molar-refractivity contribution in [3.05, 3.63) is 58.3 Å². The van der Waals surface area contributed by atoms with Gasteiger partial charge in [-0.05, 0) is 18.4 Å². The Hall–Kier alpha value is -1.69. The third-order valence-corrected chi connectivity index (χ3v) is 6.35. The summed E-state index contributed by atoms with van der Waals surface area (Å²) in [6.45, 7) is 9.85. The molecule has 26 heavy (non-hydrogen) atoms. The van der Waals surface area contributed by atoms with E-state index in [0.717, 1.165) is 19.6 Å². The normalized spacial score (nSPS) is 22.5. The van der Waals surface area contributed by atoms with Crippen LogP contribution in [0.15, 0.2) is 47.8 Å². The molecule has 2 atom stereocenters. The molecule has 2 heterocycles. The van der Waals surface area contributed by atoms with E-state index < -0.39 is 0 Å². The lowest BCUT2D eigenvalue weighted by molar-refractivity contribution is -1.03. The van der Waals surface area contributed by atoms with Crippen LogP contribution in [0.4, 0.5) is 0 Å². The van der Waals surface area contributed by atoms with Crippen molar-refractivity contribution < 1.29 is 14.6 Å². The molecule has 0 bridgehead atoms. The molecule has 1 amide bonds. The van der Waals surface area contributed by atoms with E-state index in [1.165, 1.54) is 23.5 Å². The lowest BCUT2D eigenvalue weighted by atomic mass is 10.0. The minimum atomic E-state index is 0.145. The van der Waals surface area contributed by atoms with Gasteiger partial charge in [-0.25, -0.2) is 0 Å². The molecule has 0 unspecified atom stereocenters. The second-order valence-electron chi connectivity index (χ2n) is 7.27. The summed E-state index contributed by atoms with van der Waals surface area (Å²) in [5.74, 6) is 0.145. The first-order valence-corrected chi connectivity index (χ1v) is 10.6. The van der Waals surface area contributed by atoms with Crippen molar-refractivity contribution in [2.24, 2.45) is 0 Å². The fourth-order valence-corrected chi connectivity index (χ4v) is 4.99. The van der Waals surface area contributed by atoms with Crippen LogP contribution in [0.5, 0.6) is 0 Å². The van der Waals surface area contributed by atoms with Crippen LogP contribution in [-0.4, -0.2) is 38.1 Å². The molecular weight excluding hydrogens is 342 g/mol. The molecule has 1 fully saturated rings. The summed E-state index contributed by atoms with van der Waals surface area (Å²) in [5.41, 5.74) is 1.42. The van der Waals surface area contributed by atoms with E-state index in [4.69, 9.17) is 0 Å². The van der Waals surface area contributed by atoms with Gasteiger partial charge in [-0.1, -0.05) is 43.3 Å². The summed E-state index contributed by atoms with van der Waals surface area (Å²) in [6, 6.07) is 15.6. The van der Waals surface area contributed by atoms with E-state index >= 15 is 0 Å². The van der Waals surface area contributed by atoms with Crippen LogP contribution in [0.3, 0.4) is 0 Å². The number of piperazine rings is 1. The first kappa shape index (κ1) is 19.1. The number of carbonyl (C=O) groups excluding carboxylic acids is 1. The van der Waals surface area contributed by atoms with Gasteiger partial charge in [0.05, 0.1) is 10.9 Å². The molecule has 2 aromatic rings. The zero-order valence-corrected chi connectivity index (χ0v) is 16.6. The predicted molar refractivity (Wildman–Crippen MR) is 106 cm³/mol. The van der Waals surface area contributed by atoms with Crippen LogP contribution >= 0.6 is 11.3 Å². The smallest absolute Gasteiger partial charge is 0.220 e. The first-order valence-electron chi connectivity index (χ1n) is 9.72. The fraction of sp³-hybridized carbons (Fsp3) is 0.476. The molecule has 3 rings (SSSR count). The number of carbonyl (C=O) groups is 1. The van der Waals surface area contributed by atoms with Crippen LogP contribution in [0, 0.1) is 0 Å². The summed E-state index contributed by atoms with van der Waals surface area (Å²) in [4.78, 5) is 16.6. The highest BCUT2D eigenvalue weighted by atomic mass is 32.1. The largest absolute Gasteiger partial charge is 0.347 e. The summed E-state index contributed by atoms with van der Waals surface area (Å²) >= 11 is 1.81. The molecule has 0 spiro atoms. The molecule has 1 aliphatic heterocycles. The number of rotatable bonds is 7. The Balaban J connectivity index is 1.62. The molecule has 1 aliphatic rings. The zero-order valence-electron chi connectivity index (χ0n) is 15.8. The highest BCUT2D eigenvalue weighted by molar-refractivity contribution is 7.10. The van der Waals surface area contributed by atoms with Gasteiger partial charge in [-0.15, -0.1) is 11.3 Å². The minimum absolute atomic E-state index is 0.145. The first-order chi connectivity index (χ1) is 12.7. The quantitative estimate of drug-likeness (QED) is 0.656. The standard InChI is InChI=1S/C21H29N3OS/c1-3-20(25)22-17(2)21(19-10-7-15-26-19)24-13-11-23(12-14-24)16-18-8-5-4-6-9-18/h4-10,15,17,21H,3,11-14,16H2,1-2H3,(H,22,25)/p+2/t17-,21+/m1/s1. The lowest BCUT2D eigenvalue weighted by Gasteiger charge is -2.37. The predicted octanol–water partition coefficient (Wildman–Crippen LogP) is 0.688. The Bertz CT molecular complexity index is 666. The minimum Gasteiger partial charge on any atom is -0.347 e. The number of thiophene rings is 1. The molecule has 3 N–H and O–H groups in total. The monoisotopic (exact) mass is 373 g/mol. The van der Waals surface area contributed by atoms with Crippen LogP contribution in [-0.2, 0) is 11.3 Å². The number of hydrogen-bond donors (Lipinski definition) is 3. The zero-order chi connectivity index (χ0) is 18.4. The summed E-state index contributed by atoms with van der Waals surface area (Å²) < 4.78 is 0. The topological polar surface area (TPSA) is 38.0 Å². The maximum Gasteiger partial charge on any atom is 0.220 e. The molecule has 5 heteroatoms. The molecular formula is C21H31N3OS+2. The van der Waals surface area contributed by atoms with Gasteiger partial charge in [0.2, 0.25) is 5.91 Å². The Morgan fingerprint density at radius 3 is 2.46 bits per heavy atom. The number of benzene rings is 1. The van der Waals surface area contributed by atoms with Crippen molar-refractivity contribution >= 4 is 17.2 Å². The van der Waals surface area contributed by atoms with Crippen molar-refractivity contribution in [1.29, 1.82) is 0 Å². The SMILES string of the molecule is CCC(=O)N[C@H](C)[C@@H](c1cccs1)[NH+]1CC[NH+](Cc2ccccc2)CC1. The maximum atomic E-state index is 11.9. The Labute approximate surface area is 160 Å². The average Bonchev–Trinajstić information content (AvgIpc) is 3.18. The Morgan fingerprint density at radius 1 is 1.12 bits per heavy atom. The van der Waals surface area contributed by atoms with Gasteiger partial charge in [0.1, 0.15) is 38.8 Å². The van der Waals surface area contributed by atoms with Crippen molar-refractivity contribution in [2.45, 2.75) is 38.9 Å². The average molecular weight is 374 g/mol. The van der Waals surface area contributed by atoms with Crippen molar-refractivity contribution in [1.82, 2.24) is 5.32 Å². The number of amides is 1. The van der Waals surface area contributed by atoms with E-state index in [-0.39, 0.29) is 11.9 Å². The third-order valence-electron chi connectivity index (χ3n) is 5.40. The Kier molecular flexibility index (Phi) is 6.83. The maximum absolute atomic E-state index is 11.9. The molecule has 1 aromatic heterocycles. The third kappa shape index (κ3) is 4.93. The molecule has 0 aliphatic carbocycles. The van der Waals surface area contributed by atoms with Crippen LogP contribution in [0.2, 0.25) is 0 Å². The second kappa shape index (κ2) is 9.31. The van der Waals surface area contributed by atoms with Crippen LogP contribution < -0.4 is 15.1 Å². The highest BCUT2D eigenvalue weighted by Gasteiger charge is 2.35. The van der Waals surface area contributed by atoms with Gasteiger partial charge >= 0.3 is 0 Å². The highest BCUT2D eigenvalue weighted by Crippen LogP contribution is 2.19. The van der Waals surface area contributed by atoms with E-state index in [1.54, 1.807) is 9.80 Å². The lowest BCUT2D eigenvalue weighted by Crippen LogP contribution is -3.28. The summed E-state index contributed by atoms with van der Waals surface area (Å²) in [7, 11) is 0. The van der Waals surface area contributed by atoms with Gasteiger partial charge < -0.3 is 15.1 Å². The van der Waals surface area contributed by atoms with Gasteiger partial charge in [-0.3, -0.25) is 4.79 Å². The molecule has 0 saturated carbocycles. The van der Waals surface area contributed by atoms with E-state index in [2.05, 4.69) is 60.1 Å². The number of quaternary nitrogens is 2. The van der Waals surface area contributed by atoms with Gasteiger partial charge in [0, 0.05) is 12.0 Å². The molecule has 140 valence electrons. The number of nitrogens with one attached hydrogen (secondary N) is 3. The van der Waals surface area contributed by atoms with Crippen LogP contribution in [0.25, 0.3) is 0 Å². The fourth-order valence-electron chi connectivity index (χ4n) is 4.01. The van der Waals surface area contributed by atoms with E-state index in [0.29, 0.717) is 12.5 Å². The van der Waals surface area contributed by atoms with Gasteiger partial charge in [0.25, 0.3) is 0 Å². The van der Waals surface area contributed by atoms with Crippen molar-refractivity contribution in [3.8, 4) is 0 Å². The van der Waals surface area contributed by atoms with E-state index in [9.17, 15) is 4.79 Å². The van der Waals surface area contributed by atoms with E-state index in [1.807, 2.05) is 18.3 Å². The molecule has 4 nitrogen and oxygen atoms in total. The number of hydrogen-bond acceptors (Lipinski definition) is 2. The summed E-state index contributed by atoms with van der Waals surface area (Å²) in [6.07, 6.45) is 0.547.